The molecule has 19 heavy (non-hydrogen) atoms. The molecule has 0 bridgehead atoms. The van der Waals surface area contributed by atoms with E-state index in [2.05, 4.69) is 24.2 Å². The summed E-state index contributed by atoms with van der Waals surface area (Å²) in [5.41, 5.74) is 3.38. The number of rotatable bonds is 3. The highest BCUT2D eigenvalue weighted by Gasteiger charge is 2.23. The van der Waals surface area contributed by atoms with Gasteiger partial charge in [-0.25, -0.2) is 5.84 Å². The van der Waals surface area contributed by atoms with Crippen molar-refractivity contribution in [3.05, 3.63) is 21.4 Å². The predicted octanol–water partition coefficient (Wildman–Crippen LogP) is 1.27. The number of nitrogens with one attached hydrogen (secondary N) is 1. The zero-order chi connectivity index (χ0) is 14.0. The lowest BCUT2D eigenvalue weighted by molar-refractivity contribution is -0.0705. The molecule has 0 aliphatic carbocycles. The van der Waals surface area contributed by atoms with Gasteiger partial charge in [-0.05, 0) is 32.4 Å². The molecule has 106 valence electrons. The van der Waals surface area contributed by atoms with Crippen LogP contribution in [0.5, 0.6) is 0 Å². The minimum Gasteiger partial charge on any atom is -0.373 e. The molecule has 1 amide bonds. The summed E-state index contributed by atoms with van der Waals surface area (Å²) in [4.78, 5) is 15.7. The Labute approximate surface area is 117 Å². The van der Waals surface area contributed by atoms with Crippen molar-refractivity contribution in [1.29, 1.82) is 0 Å². The van der Waals surface area contributed by atoms with Crippen LogP contribution in [0.15, 0.2) is 6.07 Å². The SMILES string of the molecule is Cc1sc(C(=O)NN)cc1CN1CC(C)OC(C)C1. The number of carbonyl (C=O) groups excluding carboxylic acids is 1. The Morgan fingerprint density at radius 2 is 2.16 bits per heavy atom. The summed E-state index contributed by atoms with van der Waals surface area (Å²) in [6.45, 7) is 8.95. The Bertz CT molecular complexity index is 451. The highest BCUT2D eigenvalue weighted by Crippen LogP contribution is 2.24. The van der Waals surface area contributed by atoms with Gasteiger partial charge in [0.1, 0.15) is 0 Å². The molecule has 0 saturated carbocycles. The Morgan fingerprint density at radius 3 is 2.74 bits per heavy atom. The molecule has 0 radical (unpaired) electrons. The number of hydrogen-bond donors (Lipinski definition) is 2. The molecule has 2 atom stereocenters. The summed E-state index contributed by atoms with van der Waals surface area (Å²) >= 11 is 1.49. The highest BCUT2D eigenvalue weighted by molar-refractivity contribution is 7.14. The molecule has 0 aromatic carbocycles. The van der Waals surface area contributed by atoms with Crippen LogP contribution < -0.4 is 11.3 Å². The van der Waals surface area contributed by atoms with E-state index in [-0.39, 0.29) is 18.1 Å². The second kappa shape index (κ2) is 6.00. The van der Waals surface area contributed by atoms with Crippen LogP contribution in [0.25, 0.3) is 0 Å². The summed E-state index contributed by atoms with van der Waals surface area (Å²) < 4.78 is 5.73. The first-order valence-electron chi connectivity index (χ1n) is 6.47. The molecule has 1 aliphatic rings. The number of carbonyl (C=O) groups is 1. The molecule has 1 aromatic rings. The number of nitrogens with zero attached hydrogens (tertiary/aromatic N) is 1. The van der Waals surface area contributed by atoms with E-state index in [1.165, 1.54) is 21.8 Å². The zero-order valence-electron chi connectivity index (χ0n) is 11.6. The van der Waals surface area contributed by atoms with Gasteiger partial charge in [0, 0.05) is 24.5 Å². The number of amides is 1. The second-order valence-corrected chi connectivity index (χ2v) is 6.37. The van der Waals surface area contributed by atoms with E-state index >= 15 is 0 Å². The molecular formula is C13H21N3O2S. The quantitative estimate of drug-likeness (QED) is 0.498. The van der Waals surface area contributed by atoms with Gasteiger partial charge >= 0.3 is 0 Å². The Balaban J connectivity index is 2.06. The first kappa shape index (κ1) is 14.5. The number of hydrazine groups is 1. The third-order valence-electron chi connectivity index (χ3n) is 3.26. The van der Waals surface area contributed by atoms with Gasteiger partial charge in [0.25, 0.3) is 5.91 Å². The van der Waals surface area contributed by atoms with E-state index < -0.39 is 0 Å². The van der Waals surface area contributed by atoms with Gasteiger partial charge in [-0.15, -0.1) is 11.3 Å². The van der Waals surface area contributed by atoms with Crippen molar-refractivity contribution >= 4 is 17.2 Å². The third-order valence-corrected chi connectivity index (χ3v) is 4.36. The fourth-order valence-electron chi connectivity index (χ4n) is 2.51. The molecule has 5 nitrogen and oxygen atoms in total. The van der Waals surface area contributed by atoms with Crippen LogP contribution in [0.2, 0.25) is 0 Å². The zero-order valence-corrected chi connectivity index (χ0v) is 12.4. The van der Waals surface area contributed by atoms with Crippen molar-refractivity contribution in [1.82, 2.24) is 10.3 Å². The Kier molecular flexibility index (Phi) is 4.57. The summed E-state index contributed by atoms with van der Waals surface area (Å²) in [7, 11) is 0. The maximum atomic E-state index is 11.5. The Hall–Kier alpha value is -0.950. The van der Waals surface area contributed by atoms with Crippen molar-refractivity contribution in [3.8, 4) is 0 Å². The van der Waals surface area contributed by atoms with Crippen molar-refractivity contribution in [2.75, 3.05) is 13.1 Å². The van der Waals surface area contributed by atoms with E-state index in [9.17, 15) is 4.79 Å². The molecule has 0 spiro atoms. The van der Waals surface area contributed by atoms with Crippen LogP contribution in [-0.2, 0) is 11.3 Å². The fourth-order valence-corrected chi connectivity index (χ4v) is 3.45. The van der Waals surface area contributed by atoms with Gasteiger partial charge in [-0.2, -0.15) is 0 Å². The first-order valence-corrected chi connectivity index (χ1v) is 7.29. The van der Waals surface area contributed by atoms with Crippen LogP contribution in [0.4, 0.5) is 0 Å². The minimum absolute atomic E-state index is 0.219. The van der Waals surface area contributed by atoms with Gasteiger partial charge in [0.2, 0.25) is 0 Å². The van der Waals surface area contributed by atoms with Crippen molar-refractivity contribution < 1.29 is 9.53 Å². The minimum atomic E-state index is -0.219. The van der Waals surface area contributed by atoms with E-state index in [1.54, 1.807) is 0 Å². The van der Waals surface area contributed by atoms with Gasteiger partial charge in [-0.1, -0.05) is 0 Å². The first-order chi connectivity index (χ1) is 8.99. The lowest BCUT2D eigenvalue weighted by Gasteiger charge is -2.35. The van der Waals surface area contributed by atoms with E-state index in [0.29, 0.717) is 4.88 Å². The van der Waals surface area contributed by atoms with Crippen molar-refractivity contribution in [3.63, 3.8) is 0 Å². The molecule has 1 fully saturated rings. The van der Waals surface area contributed by atoms with Crippen LogP contribution >= 0.6 is 11.3 Å². The number of morpholine rings is 1. The maximum absolute atomic E-state index is 11.5. The Morgan fingerprint density at radius 1 is 1.53 bits per heavy atom. The van der Waals surface area contributed by atoms with Crippen molar-refractivity contribution in [2.45, 2.75) is 39.5 Å². The standard InChI is InChI=1S/C13H21N3O2S/c1-8-5-16(6-9(2)18-8)7-11-4-12(13(17)15-14)19-10(11)3/h4,8-9H,5-7,14H2,1-3H3,(H,15,17). The highest BCUT2D eigenvalue weighted by atomic mass is 32.1. The van der Waals surface area contributed by atoms with E-state index in [0.717, 1.165) is 19.6 Å². The molecule has 6 heteroatoms. The number of thiophene rings is 1. The summed E-state index contributed by atoms with van der Waals surface area (Å²) in [5, 5.41) is 0. The summed E-state index contributed by atoms with van der Waals surface area (Å²) in [5.74, 6) is 4.94. The van der Waals surface area contributed by atoms with Crippen LogP contribution in [0.3, 0.4) is 0 Å². The molecule has 2 unspecified atom stereocenters. The molecule has 1 aliphatic heterocycles. The topological polar surface area (TPSA) is 67.6 Å². The molecule has 2 rings (SSSR count). The fraction of sp³-hybridized carbons (Fsp3) is 0.615. The smallest absolute Gasteiger partial charge is 0.275 e. The lowest BCUT2D eigenvalue weighted by atomic mass is 10.2. The number of hydrogen-bond acceptors (Lipinski definition) is 5. The number of ether oxygens (including phenoxy) is 1. The summed E-state index contributed by atoms with van der Waals surface area (Å²) in [6, 6.07) is 1.94. The average molecular weight is 283 g/mol. The number of nitrogens with two attached hydrogens (primary N) is 1. The van der Waals surface area contributed by atoms with Crippen LogP contribution in [-0.4, -0.2) is 36.1 Å². The van der Waals surface area contributed by atoms with Gasteiger partial charge < -0.3 is 4.74 Å². The average Bonchev–Trinajstić information content (AvgIpc) is 2.68. The predicted molar refractivity (Wildman–Crippen MR) is 76.0 cm³/mol. The van der Waals surface area contributed by atoms with Gasteiger partial charge in [0.15, 0.2) is 0 Å². The normalized spacial score (nSPS) is 24.4. The van der Waals surface area contributed by atoms with Gasteiger partial charge in [0.05, 0.1) is 17.1 Å². The lowest BCUT2D eigenvalue weighted by Crippen LogP contribution is -2.44. The molecule has 1 aromatic heterocycles. The summed E-state index contributed by atoms with van der Waals surface area (Å²) in [6.07, 6.45) is 0.518. The molecule has 3 N–H and O–H groups in total. The van der Waals surface area contributed by atoms with E-state index in [4.69, 9.17) is 10.6 Å². The monoisotopic (exact) mass is 283 g/mol. The van der Waals surface area contributed by atoms with Gasteiger partial charge in [-0.3, -0.25) is 15.1 Å². The largest absolute Gasteiger partial charge is 0.373 e. The second-order valence-electron chi connectivity index (χ2n) is 5.12. The van der Waals surface area contributed by atoms with Crippen molar-refractivity contribution in [2.24, 2.45) is 5.84 Å². The van der Waals surface area contributed by atoms with E-state index in [1.807, 2.05) is 13.0 Å². The molecular weight excluding hydrogens is 262 g/mol. The number of aryl methyl sites for hydroxylation is 1. The van der Waals surface area contributed by atoms with Crippen LogP contribution in [0, 0.1) is 6.92 Å². The molecule has 2 heterocycles. The maximum Gasteiger partial charge on any atom is 0.275 e. The van der Waals surface area contributed by atoms with Crippen LogP contribution in [0.1, 0.15) is 34.0 Å². The number of nitrogen functional groups attached to an aromatic ring is 1. The molecule has 1 saturated heterocycles. The third kappa shape index (κ3) is 3.54.